The number of anilines is 1. The standard InChI is InChI=1S/C18H27N3O2/c19-14-18(10-5-2-6-11-18)13-17(23)21(12-9-16(20)22)15-7-3-1-4-8-15/h1,3-4,7-8H,2,5-6,9-14,19H2,(H2,20,22). The van der Waals surface area contributed by atoms with Gasteiger partial charge in [0.2, 0.25) is 11.8 Å². The molecule has 0 atom stereocenters. The molecule has 0 saturated heterocycles. The maximum atomic E-state index is 12.9. The molecule has 0 aliphatic heterocycles. The first-order chi connectivity index (χ1) is 11.1. The van der Waals surface area contributed by atoms with Gasteiger partial charge in [-0.15, -0.1) is 0 Å². The third kappa shape index (κ3) is 4.79. The normalized spacial score (nSPS) is 16.7. The van der Waals surface area contributed by atoms with E-state index < -0.39 is 5.91 Å². The van der Waals surface area contributed by atoms with Crippen LogP contribution in [0.1, 0.15) is 44.9 Å². The van der Waals surface area contributed by atoms with Crippen LogP contribution in [0.15, 0.2) is 30.3 Å². The van der Waals surface area contributed by atoms with Crippen LogP contribution in [-0.2, 0) is 9.59 Å². The lowest BCUT2D eigenvalue weighted by Gasteiger charge is -2.37. The van der Waals surface area contributed by atoms with E-state index in [0.29, 0.717) is 19.5 Å². The van der Waals surface area contributed by atoms with E-state index in [1.165, 1.54) is 6.42 Å². The highest BCUT2D eigenvalue weighted by atomic mass is 16.2. The summed E-state index contributed by atoms with van der Waals surface area (Å²) in [5.41, 5.74) is 12.0. The Morgan fingerprint density at radius 3 is 2.30 bits per heavy atom. The first kappa shape index (κ1) is 17.5. The van der Waals surface area contributed by atoms with Crippen molar-refractivity contribution in [2.75, 3.05) is 18.0 Å². The number of primary amides is 1. The summed E-state index contributed by atoms with van der Waals surface area (Å²) >= 11 is 0. The number of nitrogens with two attached hydrogens (primary N) is 2. The number of amides is 2. The van der Waals surface area contributed by atoms with Crippen LogP contribution in [0.25, 0.3) is 0 Å². The van der Waals surface area contributed by atoms with Gasteiger partial charge in [0, 0.05) is 25.1 Å². The van der Waals surface area contributed by atoms with Crippen molar-refractivity contribution in [2.45, 2.75) is 44.9 Å². The maximum Gasteiger partial charge on any atom is 0.227 e. The largest absolute Gasteiger partial charge is 0.370 e. The molecule has 1 aromatic carbocycles. The van der Waals surface area contributed by atoms with Crippen LogP contribution in [0.5, 0.6) is 0 Å². The Kier molecular flexibility index (Phi) is 6.16. The summed E-state index contributed by atoms with van der Waals surface area (Å²) in [6, 6.07) is 9.45. The van der Waals surface area contributed by atoms with Crippen molar-refractivity contribution >= 4 is 17.5 Å². The number of hydrogen-bond donors (Lipinski definition) is 2. The SMILES string of the molecule is NCC1(CC(=O)N(CCC(N)=O)c2ccccc2)CCCCC1. The summed E-state index contributed by atoms with van der Waals surface area (Å²) in [7, 11) is 0. The van der Waals surface area contributed by atoms with Gasteiger partial charge in [0.05, 0.1) is 0 Å². The second-order valence-electron chi connectivity index (χ2n) is 6.54. The zero-order chi connectivity index (χ0) is 16.7. The molecule has 1 aliphatic carbocycles. The van der Waals surface area contributed by atoms with Crippen molar-refractivity contribution in [3.63, 3.8) is 0 Å². The highest BCUT2D eigenvalue weighted by molar-refractivity contribution is 5.94. The maximum absolute atomic E-state index is 12.9. The fourth-order valence-corrected chi connectivity index (χ4v) is 3.40. The van der Waals surface area contributed by atoms with Crippen LogP contribution >= 0.6 is 0 Å². The predicted octanol–water partition coefficient (Wildman–Crippen LogP) is 2.19. The number of carbonyl (C=O) groups excluding carboxylic acids is 2. The van der Waals surface area contributed by atoms with Gasteiger partial charge in [-0.3, -0.25) is 9.59 Å². The van der Waals surface area contributed by atoms with E-state index in [1.54, 1.807) is 4.90 Å². The molecule has 2 rings (SSSR count). The molecule has 1 aromatic rings. The Morgan fingerprint density at radius 2 is 1.74 bits per heavy atom. The molecule has 0 radical (unpaired) electrons. The average Bonchev–Trinajstić information content (AvgIpc) is 2.56. The third-order valence-electron chi connectivity index (χ3n) is 4.82. The topological polar surface area (TPSA) is 89.4 Å². The second-order valence-corrected chi connectivity index (χ2v) is 6.54. The lowest BCUT2D eigenvalue weighted by atomic mass is 9.71. The first-order valence-electron chi connectivity index (χ1n) is 8.40. The van der Waals surface area contributed by atoms with E-state index in [9.17, 15) is 9.59 Å². The van der Waals surface area contributed by atoms with Gasteiger partial charge in [0.25, 0.3) is 0 Å². The van der Waals surface area contributed by atoms with Crippen LogP contribution < -0.4 is 16.4 Å². The second kappa shape index (κ2) is 8.11. The van der Waals surface area contributed by atoms with E-state index in [1.807, 2.05) is 30.3 Å². The fraction of sp³-hybridized carbons (Fsp3) is 0.556. The third-order valence-corrected chi connectivity index (χ3v) is 4.82. The van der Waals surface area contributed by atoms with E-state index in [4.69, 9.17) is 11.5 Å². The number of para-hydroxylation sites is 1. The van der Waals surface area contributed by atoms with Crippen molar-refractivity contribution in [3.8, 4) is 0 Å². The predicted molar refractivity (Wildman–Crippen MR) is 91.8 cm³/mol. The molecule has 23 heavy (non-hydrogen) atoms. The first-order valence-corrected chi connectivity index (χ1v) is 8.40. The summed E-state index contributed by atoms with van der Waals surface area (Å²) in [6.45, 7) is 0.857. The van der Waals surface area contributed by atoms with E-state index in [-0.39, 0.29) is 17.7 Å². The molecule has 5 heteroatoms. The Hall–Kier alpha value is -1.88. The molecule has 2 amide bonds. The summed E-state index contributed by atoms with van der Waals surface area (Å²) in [5, 5.41) is 0. The highest BCUT2D eigenvalue weighted by Gasteiger charge is 2.34. The Balaban J connectivity index is 2.13. The zero-order valence-corrected chi connectivity index (χ0v) is 13.7. The van der Waals surface area contributed by atoms with Crippen LogP contribution in [0.4, 0.5) is 5.69 Å². The van der Waals surface area contributed by atoms with Crippen LogP contribution in [0, 0.1) is 5.41 Å². The minimum absolute atomic E-state index is 0.0322. The summed E-state index contributed by atoms with van der Waals surface area (Å²) in [6.07, 6.45) is 6.11. The molecule has 126 valence electrons. The van der Waals surface area contributed by atoms with E-state index in [2.05, 4.69) is 0 Å². The van der Waals surface area contributed by atoms with Crippen molar-refractivity contribution in [1.82, 2.24) is 0 Å². The smallest absolute Gasteiger partial charge is 0.227 e. The molecule has 5 nitrogen and oxygen atoms in total. The molecule has 0 spiro atoms. The molecule has 1 fully saturated rings. The van der Waals surface area contributed by atoms with Crippen molar-refractivity contribution < 1.29 is 9.59 Å². The van der Waals surface area contributed by atoms with Gasteiger partial charge in [0.1, 0.15) is 0 Å². The summed E-state index contributed by atoms with van der Waals surface area (Å²) in [4.78, 5) is 25.7. The Morgan fingerprint density at radius 1 is 1.09 bits per heavy atom. The minimum Gasteiger partial charge on any atom is -0.370 e. The van der Waals surface area contributed by atoms with Crippen molar-refractivity contribution in [1.29, 1.82) is 0 Å². The molecular formula is C18H27N3O2. The molecule has 0 heterocycles. The minimum atomic E-state index is -0.398. The fourth-order valence-electron chi connectivity index (χ4n) is 3.40. The number of nitrogens with zero attached hydrogens (tertiary/aromatic N) is 1. The van der Waals surface area contributed by atoms with Gasteiger partial charge in [-0.2, -0.15) is 0 Å². The quantitative estimate of drug-likeness (QED) is 0.808. The van der Waals surface area contributed by atoms with Crippen LogP contribution in [0.3, 0.4) is 0 Å². The van der Waals surface area contributed by atoms with Crippen LogP contribution in [-0.4, -0.2) is 24.9 Å². The number of hydrogen-bond acceptors (Lipinski definition) is 3. The Bertz CT molecular complexity index is 524. The molecule has 0 bridgehead atoms. The van der Waals surface area contributed by atoms with Gasteiger partial charge >= 0.3 is 0 Å². The molecular weight excluding hydrogens is 290 g/mol. The van der Waals surface area contributed by atoms with Crippen molar-refractivity contribution in [2.24, 2.45) is 16.9 Å². The van der Waals surface area contributed by atoms with E-state index >= 15 is 0 Å². The van der Waals surface area contributed by atoms with Gasteiger partial charge < -0.3 is 16.4 Å². The van der Waals surface area contributed by atoms with Crippen molar-refractivity contribution in [3.05, 3.63) is 30.3 Å². The number of carbonyl (C=O) groups is 2. The summed E-state index contributed by atoms with van der Waals surface area (Å²) in [5.74, 6) is -0.366. The molecule has 0 unspecified atom stereocenters. The summed E-state index contributed by atoms with van der Waals surface area (Å²) < 4.78 is 0. The van der Waals surface area contributed by atoms with Gasteiger partial charge in [0.15, 0.2) is 0 Å². The monoisotopic (exact) mass is 317 g/mol. The van der Waals surface area contributed by atoms with Crippen LogP contribution in [0.2, 0.25) is 0 Å². The Labute approximate surface area is 138 Å². The van der Waals surface area contributed by atoms with Gasteiger partial charge in [-0.05, 0) is 36.9 Å². The number of rotatable bonds is 7. The van der Waals surface area contributed by atoms with Gasteiger partial charge in [-0.25, -0.2) is 0 Å². The van der Waals surface area contributed by atoms with E-state index in [0.717, 1.165) is 31.4 Å². The number of benzene rings is 1. The highest BCUT2D eigenvalue weighted by Crippen LogP contribution is 2.39. The molecule has 1 aliphatic rings. The average molecular weight is 317 g/mol. The lowest BCUT2D eigenvalue weighted by Crippen LogP contribution is -2.41. The lowest BCUT2D eigenvalue weighted by molar-refractivity contribution is -0.121. The van der Waals surface area contributed by atoms with Gasteiger partial charge in [-0.1, -0.05) is 37.5 Å². The molecule has 1 saturated carbocycles. The molecule has 4 N–H and O–H groups in total. The molecule has 0 aromatic heterocycles. The zero-order valence-electron chi connectivity index (χ0n) is 13.7.